The Labute approximate surface area is 221 Å². The molecule has 0 radical (unpaired) electrons. The number of hydrogen-bond donors (Lipinski definition) is 0. The van der Waals surface area contributed by atoms with Crippen molar-refractivity contribution >= 4 is 15.7 Å². The fourth-order valence-corrected chi connectivity index (χ4v) is 8.50. The summed E-state index contributed by atoms with van der Waals surface area (Å²) in [5.41, 5.74) is -0.610. The number of alkyl halides is 4. The van der Waals surface area contributed by atoms with E-state index in [4.69, 9.17) is 0 Å². The summed E-state index contributed by atoms with van der Waals surface area (Å²) < 4.78 is 79.4. The van der Waals surface area contributed by atoms with Gasteiger partial charge in [-0.2, -0.15) is 13.2 Å². The molecular weight excluding hydrogens is 518 g/mol. The maximum absolute atomic E-state index is 14.9. The Hall–Kier alpha value is -2.42. The van der Waals surface area contributed by atoms with Crippen LogP contribution in [0.25, 0.3) is 0 Å². The molecule has 0 N–H and O–H groups in total. The third-order valence-corrected chi connectivity index (χ3v) is 10.8. The summed E-state index contributed by atoms with van der Waals surface area (Å²) in [4.78, 5) is 15.4. The molecular formula is C29H33F4NO3S. The second-order valence-corrected chi connectivity index (χ2v) is 13.5. The number of hydrogen-bond acceptors (Lipinski definition) is 3. The minimum atomic E-state index is -5.03. The molecule has 2 aromatic rings. The number of sulfone groups is 1. The summed E-state index contributed by atoms with van der Waals surface area (Å²) in [6.07, 6.45) is -1.66. The Morgan fingerprint density at radius 1 is 1.05 bits per heavy atom. The molecule has 2 heterocycles. The van der Waals surface area contributed by atoms with Gasteiger partial charge in [-0.1, -0.05) is 49.4 Å². The minimum Gasteiger partial charge on any atom is -0.338 e. The van der Waals surface area contributed by atoms with Crippen molar-refractivity contribution in [3.8, 4) is 0 Å². The first-order valence-corrected chi connectivity index (χ1v) is 15.1. The Bertz CT molecular complexity index is 1340. The van der Waals surface area contributed by atoms with E-state index in [1.165, 1.54) is 17.7 Å². The Kier molecular flexibility index (Phi) is 6.68. The van der Waals surface area contributed by atoms with Crippen LogP contribution in [0.5, 0.6) is 0 Å². The second kappa shape index (κ2) is 9.35. The maximum atomic E-state index is 14.9. The molecule has 2 aromatic carbocycles. The zero-order valence-electron chi connectivity index (χ0n) is 21.7. The van der Waals surface area contributed by atoms with Gasteiger partial charge in [0.25, 0.3) is 0 Å². The van der Waals surface area contributed by atoms with E-state index in [2.05, 4.69) is 31.2 Å². The van der Waals surface area contributed by atoms with Crippen LogP contribution >= 0.6 is 0 Å². The minimum absolute atomic E-state index is 0.0175. The van der Waals surface area contributed by atoms with Gasteiger partial charge in [-0.25, -0.2) is 12.8 Å². The molecule has 3 aliphatic rings. The van der Waals surface area contributed by atoms with Crippen molar-refractivity contribution < 1.29 is 30.8 Å². The number of benzene rings is 2. The predicted molar refractivity (Wildman–Crippen MR) is 137 cm³/mol. The summed E-state index contributed by atoms with van der Waals surface area (Å²) in [6, 6.07) is 12.3. The number of carbonyl (C=O) groups excluding carboxylic acids is 1. The van der Waals surface area contributed by atoms with E-state index in [1.54, 1.807) is 6.07 Å². The van der Waals surface area contributed by atoms with Crippen LogP contribution < -0.4 is 0 Å². The average Bonchev–Trinajstić information content (AvgIpc) is 3.43. The van der Waals surface area contributed by atoms with Crippen molar-refractivity contribution in [2.75, 3.05) is 18.1 Å². The van der Waals surface area contributed by atoms with Crippen LogP contribution in [0.15, 0.2) is 42.5 Å². The number of halogens is 4. The van der Waals surface area contributed by atoms with E-state index in [9.17, 15) is 30.8 Å². The lowest BCUT2D eigenvalue weighted by molar-refractivity contribution is -0.228. The van der Waals surface area contributed by atoms with E-state index in [0.717, 1.165) is 17.5 Å². The molecule has 2 fully saturated rings. The van der Waals surface area contributed by atoms with Crippen LogP contribution in [0.3, 0.4) is 0 Å². The first-order valence-electron chi connectivity index (χ1n) is 13.3. The molecule has 4 nitrogen and oxygen atoms in total. The molecule has 206 valence electrons. The fraction of sp³-hybridized carbons (Fsp3) is 0.552. The first kappa shape index (κ1) is 27.2. The smallest absolute Gasteiger partial charge is 0.338 e. The highest BCUT2D eigenvalue weighted by Gasteiger charge is 2.56. The van der Waals surface area contributed by atoms with Gasteiger partial charge in [0, 0.05) is 18.0 Å². The quantitative estimate of drug-likeness (QED) is 0.464. The van der Waals surface area contributed by atoms with Crippen molar-refractivity contribution in [2.45, 2.75) is 75.7 Å². The number of fused-ring (bicyclic) bond motifs is 3. The Morgan fingerprint density at radius 2 is 1.74 bits per heavy atom. The average molecular weight is 552 g/mol. The molecule has 0 spiro atoms. The highest BCUT2D eigenvalue weighted by Crippen LogP contribution is 2.51. The number of likely N-dealkylation sites (tertiary alicyclic amines) is 1. The normalized spacial score (nSPS) is 28.0. The third kappa shape index (κ3) is 4.54. The van der Waals surface area contributed by atoms with Crippen molar-refractivity contribution in [3.05, 3.63) is 70.3 Å². The van der Waals surface area contributed by atoms with Gasteiger partial charge in [0.2, 0.25) is 11.6 Å². The van der Waals surface area contributed by atoms with E-state index >= 15 is 0 Å². The zero-order valence-corrected chi connectivity index (χ0v) is 22.5. The molecule has 0 saturated carbocycles. The van der Waals surface area contributed by atoms with Crippen molar-refractivity contribution in [2.24, 2.45) is 5.92 Å². The van der Waals surface area contributed by atoms with E-state index in [-0.39, 0.29) is 23.5 Å². The summed E-state index contributed by atoms with van der Waals surface area (Å²) in [7, 11) is -3.22. The van der Waals surface area contributed by atoms with Gasteiger partial charge in [-0.3, -0.25) is 4.79 Å². The summed E-state index contributed by atoms with van der Waals surface area (Å²) in [6.45, 7) is 3.08. The fourth-order valence-electron chi connectivity index (χ4n) is 6.77. The van der Waals surface area contributed by atoms with E-state index < -0.39 is 38.6 Å². The molecule has 1 aliphatic carbocycles. The van der Waals surface area contributed by atoms with Crippen LogP contribution in [-0.2, 0) is 45.0 Å². The molecule has 4 atom stereocenters. The maximum Gasteiger partial charge on any atom is 0.426 e. The van der Waals surface area contributed by atoms with Crippen LogP contribution in [0, 0.1) is 5.92 Å². The van der Waals surface area contributed by atoms with Crippen LogP contribution in [-0.4, -0.2) is 49.5 Å². The van der Waals surface area contributed by atoms with Gasteiger partial charge in [0.15, 0.2) is 9.84 Å². The van der Waals surface area contributed by atoms with Gasteiger partial charge in [-0.15, -0.1) is 0 Å². The summed E-state index contributed by atoms with van der Waals surface area (Å²) in [5, 5.41) is 0. The van der Waals surface area contributed by atoms with Gasteiger partial charge >= 0.3 is 6.18 Å². The molecule has 0 aromatic heterocycles. The van der Waals surface area contributed by atoms with Crippen LogP contribution in [0.1, 0.15) is 60.9 Å². The lowest BCUT2D eigenvalue weighted by atomic mass is 9.63. The Morgan fingerprint density at radius 3 is 2.34 bits per heavy atom. The zero-order chi connectivity index (χ0) is 27.5. The molecule has 2 saturated heterocycles. The van der Waals surface area contributed by atoms with E-state index in [1.807, 2.05) is 4.90 Å². The van der Waals surface area contributed by atoms with Crippen LogP contribution in [0.2, 0.25) is 0 Å². The molecule has 1 amide bonds. The molecule has 9 heteroatoms. The monoisotopic (exact) mass is 551 g/mol. The second-order valence-electron chi connectivity index (χ2n) is 11.3. The van der Waals surface area contributed by atoms with Crippen molar-refractivity contribution in [1.82, 2.24) is 4.90 Å². The Balaban J connectivity index is 1.55. The van der Waals surface area contributed by atoms with Gasteiger partial charge < -0.3 is 4.90 Å². The van der Waals surface area contributed by atoms with Gasteiger partial charge in [0.1, 0.15) is 0 Å². The highest BCUT2D eigenvalue weighted by molar-refractivity contribution is 7.91. The molecule has 0 bridgehead atoms. The molecule has 5 rings (SSSR count). The lowest BCUT2D eigenvalue weighted by Gasteiger charge is -2.44. The summed E-state index contributed by atoms with van der Waals surface area (Å²) >= 11 is 0. The number of amides is 1. The highest BCUT2D eigenvalue weighted by atomic mass is 32.2. The number of nitrogens with zero attached hydrogens (tertiary/aromatic N) is 1. The SMILES string of the molecule is CCc1ccc(CC23CCN(C(=O)C4CCS(=O)(=O)C4)C2CCc2cc(C(C)(F)C(F)(F)F)ccc23)cc1. The molecule has 2 aliphatic heterocycles. The number of carbonyl (C=O) groups is 1. The number of aryl methyl sites for hydroxylation is 2. The number of rotatable bonds is 5. The van der Waals surface area contributed by atoms with Crippen molar-refractivity contribution in [3.63, 3.8) is 0 Å². The predicted octanol–water partition coefficient (Wildman–Crippen LogP) is 5.46. The summed E-state index contributed by atoms with van der Waals surface area (Å²) in [5.74, 6) is -0.813. The van der Waals surface area contributed by atoms with Gasteiger partial charge in [0.05, 0.1) is 17.4 Å². The third-order valence-electron chi connectivity index (χ3n) is 9.03. The molecule has 38 heavy (non-hydrogen) atoms. The van der Waals surface area contributed by atoms with E-state index in [0.29, 0.717) is 51.1 Å². The van der Waals surface area contributed by atoms with Crippen LogP contribution in [0.4, 0.5) is 17.6 Å². The largest absolute Gasteiger partial charge is 0.426 e. The van der Waals surface area contributed by atoms with Gasteiger partial charge in [-0.05, 0) is 73.3 Å². The lowest BCUT2D eigenvalue weighted by Crippen LogP contribution is -2.50. The van der Waals surface area contributed by atoms with Crippen molar-refractivity contribution in [1.29, 1.82) is 0 Å². The molecule has 4 unspecified atom stereocenters. The standard InChI is InChI=1S/C29H33F4NO3S/c1-3-19-4-6-20(7-5-19)17-28-13-14-34(26(35)22-12-15-38(36,37)18-22)25(28)11-8-21-16-23(9-10-24(21)28)27(2,30)29(31,32)33/h4-7,9-10,16,22,25H,3,8,11-15,17-18H2,1-2H3. The topological polar surface area (TPSA) is 54.5 Å². The first-order chi connectivity index (χ1) is 17.8.